The van der Waals surface area contributed by atoms with E-state index in [4.69, 9.17) is 5.73 Å². The predicted octanol–water partition coefficient (Wildman–Crippen LogP) is 2.53. The lowest BCUT2D eigenvalue weighted by molar-refractivity contribution is 0.371. The van der Waals surface area contributed by atoms with Crippen LogP contribution in [0.25, 0.3) is 0 Å². The first-order valence-corrected chi connectivity index (χ1v) is 8.75. The van der Waals surface area contributed by atoms with Crippen LogP contribution >= 0.6 is 0 Å². The second-order valence-electron chi connectivity index (χ2n) is 5.22. The molecule has 13 heavy (non-hydrogen) atoms. The van der Waals surface area contributed by atoms with Gasteiger partial charge in [-0.1, -0.05) is 44.8 Å². The fourth-order valence-corrected chi connectivity index (χ4v) is 2.24. The summed E-state index contributed by atoms with van der Waals surface area (Å²) in [5, 5.41) is 0. The third kappa shape index (κ3) is 3.97. The van der Waals surface area contributed by atoms with Gasteiger partial charge in [0.25, 0.3) is 0 Å². The zero-order chi connectivity index (χ0) is 9.95. The van der Waals surface area contributed by atoms with Gasteiger partial charge in [0, 0.05) is 0 Å². The summed E-state index contributed by atoms with van der Waals surface area (Å²) in [6, 6.07) is 0. The van der Waals surface area contributed by atoms with Crippen molar-refractivity contribution in [2.45, 2.75) is 57.3 Å². The summed E-state index contributed by atoms with van der Waals surface area (Å²) in [5.74, 6) is 3.33. The Morgan fingerprint density at radius 2 is 1.62 bits per heavy atom. The van der Waals surface area contributed by atoms with E-state index in [-0.39, 0.29) is 5.54 Å². The summed E-state index contributed by atoms with van der Waals surface area (Å²) in [4.78, 5) is 0. The molecular formula is C11H21NSi. The van der Waals surface area contributed by atoms with Gasteiger partial charge in [0.1, 0.15) is 8.07 Å². The van der Waals surface area contributed by atoms with Gasteiger partial charge < -0.3 is 5.73 Å². The van der Waals surface area contributed by atoms with Crippen LogP contribution in [0.3, 0.4) is 0 Å². The van der Waals surface area contributed by atoms with E-state index < -0.39 is 8.07 Å². The van der Waals surface area contributed by atoms with Gasteiger partial charge >= 0.3 is 0 Å². The second-order valence-corrected chi connectivity index (χ2v) is 9.97. The lowest BCUT2D eigenvalue weighted by Gasteiger charge is -2.28. The second kappa shape index (κ2) is 3.85. The van der Waals surface area contributed by atoms with Crippen molar-refractivity contribution in [1.82, 2.24) is 0 Å². The molecule has 0 unspecified atom stereocenters. The van der Waals surface area contributed by atoms with Crippen molar-refractivity contribution in [3.8, 4) is 11.5 Å². The molecule has 0 aromatic heterocycles. The smallest absolute Gasteiger partial charge is 0.129 e. The fourth-order valence-electron chi connectivity index (χ4n) is 1.62. The van der Waals surface area contributed by atoms with Crippen LogP contribution in [-0.2, 0) is 0 Å². The highest BCUT2D eigenvalue weighted by molar-refractivity contribution is 6.83. The van der Waals surface area contributed by atoms with E-state index in [9.17, 15) is 0 Å². The summed E-state index contributed by atoms with van der Waals surface area (Å²) in [6.45, 7) is 6.81. The molecule has 2 heteroatoms. The molecule has 0 amide bonds. The minimum atomic E-state index is -1.23. The van der Waals surface area contributed by atoms with Crippen molar-refractivity contribution in [1.29, 1.82) is 0 Å². The number of hydrogen-bond donors (Lipinski definition) is 1. The average Bonchev–Trinajstić information content (AvgIpc) is 2.02. The molecule has 1 saturated carbocycles. The van der Waals surface area contributed by atoms with Crippen LogP contribution in [0, 0.1) is 11.5 Å². The number of rotatable bonds is 0. The van der Waals surface area contributed by atoms with Gasteiger partial charge in [-0.05, 0) is 12.8 Å². The molecule has 0 saturated heterocycles. The van der Waals surface area contributed by atoms with Gasteiger partial charge in [0.2, 0.25) is 0 Å². The highest BCUT2D eigenvalue weighted by Crippen LogP contribution is 2.25. The van der Waals surface area contributed by atoms with Gasteiger partial charge in [-0.2, -0.15) is 0 Å². The third-order valence-corrected chi connectivity index (χ3v) is 3.31. The van der Waals surface area contributed by atoms with Crippen LogP contribution in [-0.4, -0.2) is 13.6 Å². The molecule has 2 N–H and O–H groups in total. The zero-order valence-electron chi connectivity index (χ0n) is 9.11. The SMILES string of the molecule is C[Si](C)(C)C#CC1(N)CCCCC1. The van der Waals surface area contributed by atoms with Gasteiger partial charge in [-0.25, -0.2) is 0 Å². The zero-order valence-corrected chi connectivity index (χ0v) is 10.1. The fraction of sp³-hybridized carbons (Fsp3) is 0.818. The molecule has 74 valence electrons. The molecule has 0 spiro atoms. The molecule has 0 aromatic carbocycles. The first-order chi connectivity index (χ1) is 5.91. The lowest BCUT2D eigenvalue weighted by Crippen LogP contribution is -2.40. The number of hydrogen-bond acceptors (Lipinski definition) is 1. The molecule has 1 fully saturated rings. The Bertz CT molecular complexity index is 223. The third-order valence-electron chi connectivity index (χ3n) is 2.43. The van der Waals surface area contributed by atoms with Crippen LogP contribution in [0.1, 0.15) is 32.1 Å². The molecular weight excluding hydrogens is 174 g/mol. The summed E-state index contributed by atoms with van der Waals surface area (Å²) >= 11 is 0. The topological polar surface area (TPSA) is 26.0 Å². The maximum absolute atomic E-state index is 6.21. The van der Waals surface area contributed by atoms with Gasteiger partial charge in [-0.3, -0.25) is 0 Å². The highest BCUT2D eigenvalue weighted by atomic mass is 28.3. The van der Waals surface area contributed by atoms with E-state index in [1.54, 1.807) is 0 Å². The lowest BCUT2D eigenvalue weighted by atomic mass is 9.83. The molecule has 1 rings (SSSR count). The van der Waals surface area contributed by atoms with Crippen molar-refractivity contribution in [3.63, 3.8) is 0 Å². The average molecular weight is 195 g/mol. The van der Waals surface area contributed by atoms with Crippen LogP contribution in [0.5, 0.6) is 0 Å². The quantitative estimate of drug-likeness (QED) is 0.466. The summed E-state index contributed by atoms with van der Waals surface area (Å²) < 4.78 is 0. The Morgan fingerprint density at radius 1 is 1.08 bits per heavy atom. The number of nitrogens with two attached hydrogens (primary N) is 1. The molecule has 0 aromatic rings. The molecule has 1 nitrogen and oxygen atoms in total. The Labute approximate surface area is 83.1 Å². The Hall–Kier alpha value is -0.263. The summed E-state index contributed by atoms with van der Waals surface area (Å²) in [7, 11) is -1.23. The maximum Gasteiger partial charge on any atom is 0.129 e. The summed E-state index contributed by atoms with van der Waals surface area (Å²) in [6.07, 6.45) is 6.07. The van der Waals surface area contributed by atoms with Crippen molar-refractivity contribution in [2.75, 3.05) is 0 Å². The minimum absolute atomic E-state index is 0.140. The monoisotopic (exact) mass is 195 g/mol. The first kappa shape index (κ1) is 10.8. The van der Waals surface area contributed by atoms with Crippen molar-refractivity contribution >= 4 is 8.07 Å². The van der Waals surface area contributed by atoms with E-state index in [0.29, 0.717) is 0 Å². The van der Waals surface area contributed by atoms with Gasteiger partial charge in [-0.15, -0.1) is 5.54 Å². The van der Waals surface area contributed by atoms with Crippen LogP contribution in [0.15, 0.2) is 0 Å². The molecule has 0 bridgehead atoms. The van der Waals surface area contributed by atoms with E-state index in [0.717, 1.165) is 12.8 Å². The Morgan fingerprint density at radius 3 is 2.08 bits per heavy atom. The first-order valence-electron chi connectivity index (χ1n) is 5.25. The Kier molecular flexibility index (Phi) is 3.21. The van der Waals surface area contributed by atoms with E-state index >= 15 is 0 Å². The largest absolute Gasteiger partial charge is 0.315 e. The Balaban J connectivity index is 2.63. The molecule has 0 radical (unpaired) electrons. The maximum atomic E-state index is 6.21. The van der Waals surface area contributed by atoms with Crippen molar-refractivity contribution in [3.05, 3.63) is 0 Å². The minimum Gasteiger partial charge on any atom is -0.315 e. The van der Waals surface area contributed by atoms with Gasteiger partial charge in [0.15, 0.2) is 0 Å². The van der Waals surface area contributed by atoms with Crippen molar-refractivity contribution < 1.29 is 0 Å². The standard InChI is InChI=1S/C11H21NSi/c1-13(2,3)10-9-11(12)7-5-4-6-8-11/h4-8,12H2,1-3H3. The van der Waals surface area contributed by atoms with E-state index in [1.165, 1.54) is 19.3 Å². The van der Waals surface area contributed by atoms with Crippen LogP contribution < -0.4 is 5.73 Å². The van der Waals surface area contributed by atoms with Gasteiger partial charge in [0.05, 0.1) is 5.54 Å². The van der Waals surface area contributed by atoms with E-state index in [1.807, 2.05) is 0 Å². The molecule has 1 aliphatic rings. The molecule has 1 aliphatic carbocycles. The molecule has 0 atom stereocenters. The summed E-state index contributed by atoms with van der Waals surface area (Å²) in [5.41, 5.74) is 9.47. The molecule has 0 aliphatic heterocycles. The molecule has 0 heterocycles. The highest BCUT2D eigenvalue weighted by Gasteiger charge is 2.25. The van der Waals surface area contributed by atoms with Crippen LogP contribution in [0.4, 0.5) is 0 Å². The van der Waals surface area contributed by atoms with Crippen molar-refractivity contribution in [2.24, 2.45) is 5.73 Å². The normalized spacial score (nSPS) is 21.8. The van der Waals surface area contributed by atoms with E-state index in [2.05, 4.69) is 31.1 Å². The predicted molar refractivity (Wildman–Crippen MR) is 61.1 cm³/mol. The van der Waals surface area contributed by atoms with Crippen LogP contribution in [0.2, 0.25) is 19.6 Å².